The fourth-order valence-electron chi connectivity index (χ4n) is 1.57. The number of halogens is 1. The van der Waals surface area contributed by atoms with Crippen LogP contribution in [0.4, 0.5) is 4.39 Å². The Balaban J connectivity index is 1.97. The van der Waals surface area contributed by atoms with Crippen molar-refractivity contribution in [3.8, 4) is 0 Å². The molecule has 4 heteroatoms. The van der Waals surface area contributed by atoms with Crippen LogP contribution in [0.15, 0.2) is 0 Å². The van der Waals surface area contributed by atoms with Crippen LogP contribution in [0.2, 0.25) is 0 Å². The average Bonchev–Trinajstić information content (AvgIpc) is 2.46. The van der Waals surface area contributed by atoms with E-state index in [-0.39, 0.29) is 12.2 Å². The molecular formula is C10H20FNO2. The molecule has 0 unspecified atom stereocenters. The third-order valence-corrected chi connectivity index (χ3v) is 2.40. The number of rotatable bonds is 6. The topological polar surface area (TPSA) is 30.5 Å². The molecule has 14 heavy (non-hydrogen) atoms. The molecule has 1 rings (SSSR count). The first-order chi connectivity index (χ1) is 6.74. The molecule has 0 bridgehead atoms. The molecule has 1 saturated heterocycles. The SMILES string of the molecule is CCOCCNC[C@@H]1C[C@H](F)[C@H](C)O1. The first kappa shape index (κ1) is 11.9. The Labute approximate surface area is 85.0 Å². The molecule has 0 saturated carbocycles. The van der Waals surface area contributed by atoms with Gasteiger partial charge in [0.15, 0.2) is 0 Å². The zero-order chi connectivity index (χ0) is 10.4. The molecule has 0 aromatic rings. The summed E-state index contributed by atoms with van der Waals surface area (Å²) in [6, 6.07) is 0. The summed E-state index contributed by atoms with van der Waals surface area (Å²) < 4.78 is 23.6. The van der Waals surface area contributed by atoms with Gasteiger partial charge in [0.25, 0.3) is 0 Å². The molecule has 0 aromatic heterocycles. The van der Waals surface area contributed by atoms with E-state index in [2.05, 4.69) is 5.32 Å². The highest BCUT2D eigenvalue weighted by molar-refractivity contribution is 4.80. The van der Waals surface area contributed by atoms with Crippen molar-refractivity contribution in [3.05, 3.63) is 0 Å². The van der Waals surface area contributed by atoms with E-state index in [1.165, 1.54) is 0 Å². The fourth-order valence-corrected chi connectivity index (χ4v) is 1.57. The van der Waals surface area contributed by atoms with Gasteiger partial charge in [-0.15, -0.1) is 0 Å². The number of alkyl halides is 1. The second kappa shape index (κ2) is 6.32. The molecule has 0 aliphatic carbocycles. The summed E-state index contributed by atoms with van der Waals surface area (Å²) >= 11 is 0. The second-order valence-corrected chi connectivity index (χ2v) is 3.62. The Morgan fingerprint density at radius 3 is 2.93 bits per heavy atom. The third kappa shape index (κ3) is 3.90. The molecule has 1 aliphatic heterocycles. The van der Waals surface area contributed by atoms with Gasteiger partial charge in [0.2, 0.25) is 0 Å². The van der Waals surface area contributed by atoms with Gasteiger partial charge in [-0.3, -0.25) is 0 Å². The molecular weight excluding hydrogens is 185 g/mol. The largest absolute Gasteiger partial charge is 0.380 e. The number of hydrogen-bond acceptors (Lipinski definition) is 3. The van der Waals surface area contributed by atoms with Crippen LogP contribution in [0.5, 0.6) is 0 Å². The summed E-state index contributed by atoms with van der Waals surface area (Å²) in [6.07, 6.45) is -0.494. The lowest BCUT2D eigenvalue weighted by Crippen LogP contribution is -2.29. The summed E-state index contributed by atoms with van der Waals surface area (Å²) in [5.74, 6) is 0. The standard InChI is InChI=1S/C10H20FNO2/c1-3-13-5-4-12-7-9-6-10(11)8(2)14-9/h8-10,12H,3-7H2,1-2H3/t8-,9-,10-/m0/s1. The Morgan fingerprint density at radius 2 is 2.36 bits per heavy atom. The van der Waals surface area contributed by atoms with E-state index in [0.717, 1.165) is 19.7 Å². The van der Waals surface area contributed by atoms with Crippen LogP contribution >= 0.6 is 0 Å². The van der Waals surface area contributed by atoms with Crippen LogP contribution in [0.3, 0.4) is 0 Å². The summed E-state index contributed by atoms with van der Waals surface area (Å²) in [5.41, 5.74) is 0. The zero-order valence-corrected chi connectivity index (χ0v) is 8.96. The predicted molar refractivity (Wildman–Crippen MR) is 53.2 cm³/mol. The molecule has 3 atom stereocenters. The minimum Gasteiger partial charge on any atom is -0.380 e. The first-order valence-corrected chi connectivity index (χ1v) is 5.32. The molecule has 84 valence electrons. The van der Waals surface area contributed by atoms with E-state index in [4.69, 9.17) is 9.47 Å². The molecule has 1 fully saturated rings. The summed E-state index contributed by atoms with van der Waals surface area (Å²) in [4.78, 5) is 0. The zero-order valence-electron chi connectivity index (χ0n) is 8.96. The third-order valence-electron chi connectivity index (χ3n) is 2.40. The van der Waals surface area contributed by atoms with E-state index in [1.54, 1.807) is 6.92 Å². The lowest BCUT2D eigenvalue weighted by atomic mass is 10.2. The molecule has 0 spiro atoms. The molecule has 0 amide bonds. The van der Waals surface area contributed by atoms with Crippen LogP contribution in [0, 0.1) is 0 Å². The highest BCUT2D eigenvalue weighted by Gasteiger charge is 2.31. The quantitative estimate of drug-likeness (QED) is 0.659. The first-order valence-electron chi connectivity index (χ1n) is 5.32. The highest BCUT2D eigenvalue weighted by Crippen LogP contribution is 2.22. The molecule has 0 radical (unpaired) electrons. The van der Waals surface area contributed by atoms with Gasteiger partial charge in [-0.05, 0) is 13.8 Å². The summed E-state index contributed by atoms with van der Waals surface area (Å²) in [6.45, 7) is 6.72. The monoisotopic (exact) mass is 205 g/mol. The molecule has 0 aromatic carbocycles. The van der Waals surface area contributed by atoms with Crippen molar-refractivity contribution < 1.29 is 13.9 Å². The normalized spacial score (nSPS) is 32.4. The van der Waals surface area contributed by atoms with Gasteiger partial charge in [-0.2, -0.15) is 0 Å². The Kier molecular flexibility index (Phi) is 5.37. The highest BCUT2D eigenvalue weighted by atomic mass is 19.1. The van der Waals surface area contributed by atoms with Gasteiger partial charge >= 0.3 is 0 Å². The minimum atomic E-state index is -0.798. The molecule has 1 heterocycles. The second-order valence-electron chi connectivity index (χ2n) is 3.62. The number of hydrogen-bond donors (Lipinski definition) is 1. The van der Waals surface area contributed by atoms with Crippen LogP contribution in [0.25, 0.3) is 0 Å². The van der Waals surface area contributed by atoms with Crippen molar-refractivity contribution in [1.82, 2.24) is 5.32 Å². The Bertz CT molecular complexity index is 147. The van der Waals surface area contributed by atoms with Gasteiger partial charge in [-0.1, -0.05) is 0 Å². The fraction of sp³-hybridized carbons (Fsp3) is 1.00. The van der Waals surface area contributed by atoms with Gasteiger partial charge in [0.05, 0.1) is 18.8 Å². The van der Waals surface area contributed by atoms with E-state index in [9.17, 15) is 4.39 Å². The van der Waals surface area contributed by atoms with E-state index in [1.807, 2.05) is 6.92 Å². The van der Waals surface area contributed by atoms with Crippen LogP contribution < -0.4 is 5.32 Å². The summed E-state index contributed by atoms with van der Waals surface area (Å²) in [7, 11) is 0. The van der Waals surface area contributed by atoms with Gasteiger partial charge in [0.1, 0.15) is 6.17 Å². The molecule has 3 nitrogen and oxygen atoms in total. The van der Waals surface area contributed by atoms with Gasteiger partial charge in [0, 0.05) is 26.1 Å². The average molecular weight is 205 g/mol. The van der Waals surface area contributed by atoms with E-state index < -0.39 is 6.17 Å². The maximum Gasteiger partial charge on any atom is 0.128 e. The van der Waals surface area contributed by atoms with E-state index in [0.29, 0.717) is 13.0 Å². The van der Waals surface area contributed by atoms with Crippen molar-refractivity contribution >= 4 is 0 Å². The Morgan fingerprint density at radius 1 is 1.57 bits per heavy atom. The van der Waals surface area contributed by atoms with Crippen molar-refractivity contribution in [2.45, 2.75) is 38.6 Å². The van der Waals surface area contributed by atoms with Crippen molar-refractivity contribution in [2.75, 3.05) is 26.3 Å². The van der Waals surface area contributed by atoms with Gasteiger partial charge in [-0.25, -0.2) is 4.39 Å². The smallest absolute Gasteiger partial charge is 0.128 e. The lowest BCUT2D eigenvalue weighted by Gasteiger charge is -2.11. The van der Waals surface area contributed by atoms with E-state index >= 15 is 0 Å². The maximum atomic E-state index is 13.0. The van der Waals surface area contributed by atoms with Crippen molar-refractivity contribution in [3.63, 3.8) is 0 Å². The Hall–Kier alpha value is -0.190. The lowest BCUT2D eigenvalue weighted by molar-refractivity contribution is 0.0397. The number of ether oxygens (including phenoxy) is 2. The molecule has 1 aliphatic rings. The van der Waals surface area contributed by atoms with Crippen molar-refractivity contribution in [1.29, 1.82) is 0 Å². The van der Waals surface area contributed by atoms with Crippen LogP contribution in [-0.2, 0) is 9.47 Å². The summed E-state index contributed by atoms with van der Waals surface area (Å²) in [5, 5.41) is 3.19. The maximum absolute atomic E-state index is 13.0. The van der Waals surface area contributed by atoms with Crippen LogP contribution in [-0.4, -0.2) is 44.7 Å². The minimum absolute atomic E-state index is 0.0293. The van der Waals surface area contributed by atoms with Gasteiger partial charge < -0.3 is 14.8 Å². The van der Waals surface area contributed by atoms with Crippen LogP contribution in [0.1, 0.15) is 20.3 Å². The number of nitrogens with one attached hydrogen (secondary N) is 1. The molecule has 1 N–H and O–H groups in total. The van der Waals surface area contributed by atoms with Crippen molar-refractivity contribution in [2.24, 2.45) is 0 Å². The predicted octanol–water partition coefficient (Wildman–Crippen LogP) is 1.13.